The molecule has 0 spiro atoms. The van der Waals surface area contributed by atoms with Gasteiger partial charge in [0.15, 0.2) is 0 Å². The van der Waals surface area contributed by atoms with E-state index in [1.807, 2.05) is 41.8 Å². The standard InChI is InChI=1S/C14H21N3OS/c1-9-4-5-12(13(6-9)16-15)14(18)17-7-10(2)19-11(3)8-17/h4-6,10-11,16H,7-8,15H2,1-3H3. The number of rotatable bonds is 2. The van der Waals surface area contributed by atoms with E-state index >= 15 is 0 Å². The number of anilines is 1. The van der Waals surface area contributed by atoms with Crippen molar-refractivity contribution in [2.75, 3.05) is 18.5 Å². The second-order valence-corrected chi connectivity index (χ2v) is 7.04. The Labute approximate surface area is 118 Å². The normalized spacial score (nSPS) is 23.3. The third-order valence-electron chi connectivity index (χ3n) is 3.27. The van der Waals surface area contributed by atoms with Crippen LogP contribution < -0.4 is 11.3 Å². The maximum atomic E-state index is 12.6. The summed E-state index contributed by atoms with van der Waals surface area (Å²) in [5.74, 6) is 5.58. The summed E-state index contributed by atoms with van der Waals surface area (Å²) >= 11 is 1.94. The number of benzene rings is 1. The fourth-order valence-electron chi connectivity index (χ4n) is 2.48. The summed E-state index contributed by atoms with van der Waals surface area (Å²) < 4.78 is 0. The van der Waals surface area contributed by atoms with E-state index in [1.165, 1.54) is 0 Å². The zero-order chi connectivity index (χ0) is 14.0. The van der Waals surface area contributed by atoms with Gasteiger partial charge in [0.05, 0.1) is 11.3 Å². The Bertz CT molecular complexity index is 468. The van der Waals surface area contributed by atoms with E-state index in [4.69, 9.17) is 5.84 Å². The molecule has 1 fully saturated rings. The number of carbonyl (C=O) groups excluding carboxylic acids is 1. The average Bonchev–Trinajstić information content (AvgIpc) is 2.36. The first-order valence-corrected chi connectivity index (χ1v) is 7.47. The summed E-state index contributed by atoms with van der Waals surface area (Å²) in [5.41, 5.74) is 5.06. The highest BCUT2D eigenvalue weighted by Crippen LogP contribution is 2.27. The molecule has 0 aliphatic carbocycles. The van der Waals surface area contributed by atoms with Gasteiger partial charge in [-0.05, 0) is 24.6 Å². The predicted molar refractivity (Wildman–Crippen MR) is 81.4 cm³/mol. The fourth-order valence-corrected chi connectivity index (χ4v) is 3.80. The summed E-state index contributed by atoms with van der Waals surface area (Å²) in [6.07, 6.45) is 0. The van der Waals surface area contributed by atoms with Crippen LogP contribution in [0.15, 0.2) is 18.2 Å². The Morgan fingerprint density at radius 2 is 2.00 bits per heavy atom. The number of nitrogen functional groups attached to an aromatic ring is 1. The summed E-state index contributed by atoms with van der Waals surface area (Å²) in [6.45, 7) is 7.91. The number of nitrogens with zero attached hydrogens (tertiary/aromatic N) is 1. The molecule has 1 aromatic rings. The van der Waals surface area contributed by atoms with E-state index in [-0.39, 0.29) is 5.91 Å². The van der Waals surface area contributed by atoms with Gasteiger partial charge < -0.3 is 10.3 Å². The van der Waals surface area contributed by atoms with Crippen LogP contribution in [-0.2, 0) is 0 Å². The maximum Gasteiger partial charge on any atom is 0.256 e. The highest BCUT2D eigenvalue weighted by molar-refractivity contribution is 8.00. The van der Waals surface area contributed by atoms with Gasteiger partial charge in [0.25, 0.3) is 5.91 Å². The molecule has 5 heteroatoms. The second-order valence-electron chi connectivity index (χ2n) is 5.16. The van der Waals surface area contributed by atoms with E-state index in [2.05, 4.69) is 19.3 Å². The highest BCUT2D eigenvalue weighted by atomic mass is 32.2. The predicted octanol–water partition coefficient (Wildman–Crippen LogP) is 2.25. The molecular formula is C14H21N3OS. The van der Waals surface area contributed by atoms with Crippen LogP contribution in [-0.4, -0.2) is 34.4 Å². The molecule has 2 atom stereocenters. The van der Waals surface area contributed by atoms with Gasteiger partial charge in [0.2, 0.25) is 0 Å². The minimum Gasteiger partial charge on any atom is -0.336 e. The lowest BCUT2D eigenvalue weighted by Gasteiger charge is -2.35. The van der Waals surface area contributed by atoms with E-state index in [0.29, 0.717) is 21.8 Å². The SMILES string of the molecule is Cc1ccc(C(=O)N2CC(C)SC(C)C2)c(NN)c1. The van der Waals surface area contributed by atoms with Crippen LogP contribution in [0.1, 0.15) is 29.8 Å². The molecule has 0 bridgehead atoms. The lowest BCUT2D eigenvalue weighted by atomic mass is 10.1. The van der Waals surface area contributed by atoms with E-state index in [1.54, 1.807) is 0 Å². The van der Waals surface area contributed by atoms with Crippen molar-refractivity contribution in [3.05, 3.63) is 29.3 Å². The lowest BCUT2D eigenvalue weighted by molar-refractivity contribution is 0.0754. The summed E-state index contributed by atoms with van der Waals surface area (Å²) in [5, 5.41) is 0.958. The van der Waals surface area contributed by atoms with Gasteiger partial charge in [-0.25, -0.2) is 0 Å². The molecule has 0 radical (unpaired) electrons. The third kappa shape index (κ3) is 3.22. The number of carbonyl (C=O) groups is 1. The summed E-state index contributed by atoms with van der Waals surface area (Å²) in [6, 6.07) is 5.70. The van der Waals surface area contributed by atoms with E-state index < -0.39 is 0 Å². The van der Waals surface area contributed by atoms with Gasteiger partial charge >= 0.3 is 0 Å². The summed E-state index contributed by atoms with van der Waals surface area (Å²) in [4.78, 5) is 14.5. The Hall–Kier alpha value is -1.20. The van der Waals surface area contributed by atoms with Crippen LogP contribution in [0.2, 0.25) is 0 Å². The Morgan fingerprint density at radius 1 is 1.37 bits per heavy atom. The fraction of sp³-hybridized carbons (Fsp3) is 0.500. The molecule has 0 saturated carbocycles. The molecule has 1 saturated heterocycles. The molecule has 4 nitrogen and oxygen atoms in total. The smallest absolute Gasteiger partial charge is 0.256 e. The summed E-state index contributed by atoms with van der Waals surface area (Å²) in [7, 11) is 0. The highest BCUT2D eigenvalue weighted by Gasteiger charge is 2.27. The molecule has 3 N–H and O–H groups in total. The molecule has 1 amide bonds. The topological polar surface area (TPSA) is 58.4 Å². The molecule has 2 unspecified atom stereocenters. The molecule has 19 heavy (non-hydrogen) atoms. The minimum atomic E-state index is 0.0620. The number of hydrogen-bond donors (Lipinski definition) is 2. The van der Waals surface area contributed by atoms with Crippen LogP contribution >= 0.6 is 11.8 Å². The Morgan fingerprint density at radius 3 is 2.58 bits per heavy atom. The maximum absolute atomic E-state index is 12.6. The first kappa shape index (κ1) is 14.2. The van der Waals surface area contributed by atoms with Crippen molar-refractivity contribution < 1.29 is 4.79 Å². The van der Waals surface area contributed by atoms with Crippen molar-refractivity contribution in [1.29, 1.82) is 0 Å². The molecule has 0 aromatic heterocycles. The minimum absolute atomic E-state index is 0.0620. The number of hydrazine groups is 1. The zero-order valence-corrected chi connectivity index (χ0v) is 12.5. The van der Waals surface area contributed by atoms with Crippen LogP contribution in [0.3, 0.4) is 0 Å². The quantitative estimate of drug-likeness (QED) is 0.644. The van der Waals surface area contributed by atoms with Crippen molar-refractivity contribution in [3.63, 3.8) is 0 Å². The van der Waals surface area contributed by atoms with E-state index in [0.717, 1.165) is 18.7 Å². The molecule has 1 aliphatic heterocycles. The number of amides is 1. The number of aryl methyl sites for hydroxylation is 1. The van der Waals surface area contributed by atoms with Gasteiger partial charge in [-0.1, -0.05) is 19.9 Å². The Balaban J connectivity index is 2.24. The first-order chi connectivity index (χ1) is 9.01. The molecule has 1 heterocycles. The lowest BCUT2D eigenvalue weighted by Crippen LogP contribution is -2.44. The molecular weight excluding hydrogens is 258 g/mol. The molecule has 2 rings (SSSR count). The Kier molecular flexibility index (Phi) is 4.37. The van der Waals surface area contributed by atoms with Gasteiger partial charge in [-0.3, -0.25) is 10.6 Å². The van der Waals surface area contributed by atoms with Crippen LogP contribution in [0.5, 0.6) is 0 Å². The number of hydrogen-bond acceptors (Lipinski definition) is 4. The first-order valence-electron chi connectivity index (χ1n) is 6.53. The third-order valence-corrected chi connectivity index (χ3v) is 4.50. The van der Waals surface area contributed by atoms with Crippen molar-refractivity contribution in [3.8, 4) is 0 Å². The number of nitrogens with two attached hydrogens (primary N) is 1. The van der Waals surface area contributed by atoms with Gasteiger partial charge in [-0.2, -0.15) is 11.8 Å². The van der Waals surface area contributed by atoms with Crippen molar-refractivity contribution in [2.24, 2.45) is 5.84 Å². The molecule has 1 aliphatic rings. The van der Waals surface area contributed by atoms with Crippen molar-refractivity contribution >= 4 is 23.4 Å². The largest absolute Gasteiger partial charge is 0.336 e. The van der Waals surface area contributed by atoms with Crippen LogP contribution in [0.25, 0.3) is 0 Å². The number of nitrogens with one attached hydrogen (secondary N) is 1. The second kappa shape index (κ2) is 5.84. The van der Waals surface area contributed by atoms with Gasteiger partial charge in [0, 0.05) is 23.6 Å². The van der Waals surface area contributed by atoms with Gasteiger partial charge in [-0.15, -0.1) is 0 Å². The molecule has 1 aromatic carbocycles. The van der Waals surface area contributed by atoms with E-state index in [9.17, 15) is 4.79 Å². The van der Waals surface area contributed by atoms with Gasteiger partial charge in [0.1, 0.15) is 0 Å². The van der Waals surface area contributed by atoms with Crippen LogP contribution in [0, 0.1) is 6.92 Å². The average molecular weight is 279 g/mol. The number of thioether (sulfide) groups is 1. The van der Waals surface area contributed by atoms with Crippen LogP contribution in [0.4, 0.5) is 5.69 Å². The monoisotopic (exact) mass is 279 g/mol. The zero-order valence-electron chi connectivity index (χ0n) is 11.6. The van der Waals surface area contributed by atoms with Crippen molar-refractivity contribution in [2.45, 2.75) is 31.3 Å². The molecule has 104 valence electrons. The van der Waals surface area contributed by atoms with Crippen molar-refractivity contribution in [1.82, 2.24) is 4.90 Å².